The van der Waals surface area contributed by atoms with Crippen LogP contribution in [0.25, 0.3) is 6.08 Å². The third-order valence-electron chi connectivity index (χ3n) is 4.97. The minimum Gasteiger partial charge on any atom is -0.493 e. The van der Waals surface area contributed by atoms with Gasteiger partial charge in [0, 0.05) is 6.07 Å². The number of allylic oxidation sites excluding steroid dienone is 1. The van der Waals surface area contributed by atoms with Gasteiger partial charge in [0.2, 0.25) is 5.78 Å². The molecule has 158 valence electrons. The first kappa shape index (κ1) is 20.5. The van der Waals surface area contributed by atoms with Crippen LogP contribution >= 0.6 is 0 Å². The Kier molecular flexibility index (Phi) is 5.62. The molecule has 6 heteroatoms. The van der Waals surface area contributed by atoms with Crippen LogP contribution in [-0.4, -0.2) is 20.0 Å². The van der Waals surface area contributed by atoms with Crippen molar-refractivity contribution in [2.45, 2.75) is 13.5 Å². The second kappa shape index (κ2) is 8.52. The molecule has 0 fully saturated rings. The van der Waals surface area contributed by atoms with Gasteiger partial charge in [-0.05, 0) is 60.0 Å². The molecule has 5 nitrogen and oxygen atoms in total. The van der Waals surface area contributed by atoms with E-state index in [1.807, 2.05) is 13.0 Å². The summed E-state index contributed by atoms with van der Waals surface area (Å²) in [5.74, 6) is 1.93. The van der Waals surface area contributed by atoms with Gasteiger partial charge in [-0.2, -0.15) is 0 Å². The number of ketones is 1. The number of aryl methyl sites for hydroxylation is 1. The van der Waals surface area contributed by atoms with Crippen molar-refractivity contribution >= 4 is 11.9 Å². The average molecular weight is 420 g/mol. The summed E-state index contributed by atoms with van der Waals surface area (Å²) in [6, 6.07) is 15.0. The van der Waals surface area contributed by atoms with Gasteiger partial charge in [-0.15, -0.1) is 0 Å². The number of rotatable bonds is 6. The van der Waals surface area contributed by atoms with E-state index in [0.29, 0.717) is 28.6 Å². The van der Waals surface area contributed by atoms with Crippen LogP contribution in [0.4, 0.5) is 4.39 Å². The van der Waals surface area contributed by atoms with Crippen LogP contribution in [0.1, 0.15) is 27.0 Å². The molecule has 0 bridgehead atoms. The number of fused-ring (bicyclic) bond motifs is 1. The number of methoxy groups -OCH3 is 2. The zero-order chi connectivity index (χ0) is 22.0. The van der Waals surface area contributed by atoms with Crippen LogP contribution in [0, 0.1) is 12.7 Å². The summed E-state index contributed by atoms with van der Waals surface area (Å²) in [6.45, 7) is 2.12. The monoisotopic (exact) mass is 420 g/mol. The Balaban J connectivity index is 1.56. The Morgan fingerprint density at radius 3 is 2.42 bits per heavy atom. The van der Waals surface area contributed by atoms with Crippen molar-refractivity contribution in [3.63, 3.8) is 0 Å². The minimum atomic E-state index is -0.294. The molecular weight excluding hydrogens is 399 g/mol. The highest BCUT2D eigenvalue weighted by Gasteiger charge is 2.30. The van der Waals surface area contributed by atoms with E-state index in [9.17, 15) is 9.18 Å². The van der Waals surface area contributed by atoms with Crippen LogP contribution in [0.15, 0.2) is 60.4 Å². The van der Waals surface area contributed by atoms with Crippen molar-refractivity contribution in [3.8, 4) is 23.0 Å². The second-order valence-corrected chi connectivity index (χ2v) is 7.08. The first-order valence-electron chi connectivity index (χ1n) is 9.66. The van der Waals surface area contributed by atoms with E-state index in [0.717, 1.165) is 16.7 Å². The number of hydrogen-bond donors (Lipinski definition) is 0. The lowest BCUT2D eigenvalue weighted by molar-refractivity contribution is 0.101. The van der Waals surface area contributed by atoms with Crippen LogP contribution in [0.5, 0.6) is 23.0 Å². The summed E-state index contributed by atoms with van der Waals surface area (Å²) in [5.41, 5.74) is 2.86. The fourth-order valence-corrected chi connectivity index (χ4v) is 3.40. The van der Waals surface area contributed by atoms with Crippen LogP contribution in [-0.2, 0) is 6.61 Å². The summed E-state index contributed by atoms with van der Waals surface area (Å²) < 4.78 is 35.3. The molecule has 1 aliphatic heterocycles. The number of carbonyl (C=O) groups is 1. The summed E-state index contributed by atoms with van der Waals surface area (Å²) in [4.78, 5) is 12.9. The number of carbonyl (C=O) groups excluding carboxylic acids is 1. The highest BCUT2D eigenvalue weighted by atomic mass is 19.1. The van der Waals surface area contributed by atoms with Crippen LogP contribution in [0.2, 0.25) is 0 Å². The van der Waals surface area contributed by atoms with Gasteiger partial charge in [-0.3, -0.25) is 4.79 Å². The molecule has 0 saturated heterocycles. The Labute approximate surface area is 179 Å². The molecule has 31 heavy (non-hydrogen) atoms. The standard InChI is InChI=1S/C25H21FO5/c1-15-10-19(30-14-16-4-7-18(26)8-5-16)13-22-24(15)25(27)23(31-22)12-17-6-9-20(28-2)21(11-17)29-3/h4-13H,14H2,1-3H3/b23-12-. The highest BCUT2D eigenvalue weighted by Crippen LogP contribution is 2.38. The predicted molar refractivity (Wildman–Crippen MR) is 114 cm³/mol. The molecule has 4 rings (SSSR count). The Bertz CT molecular complexity index is 1170. The first-order valence-corrected chi connectivity index (χ1v) is 9.66. The van der Waals surface area contributed by atoms with Gasteiger partial charge in [0.25, 0.3) is 0 Å². The summed E-state index contributed by atoms with van der Waals surface area (Å²) in [7, 11) is 3.12. The molecular formula is C25H21FO5. The topological polar surface area (TPSA) is 54.0 Å². The smallest absolute Gasteiger partial charge is 0.232 e. The second-order valence-electron chi connectivity index (χ2n) is 7.08. The molecule has 0 spiro atoms. The first-order chi connectivity index (χ1) is 15.0. The lowest BCUT2D eigenvalue weighted by Gasteiger charge is -2.09. The summed E-state index contributed by atoms with van der Waals surface area (Å²) >= 11 is 0. The fourth-order valence-electron chi connectivity index (χ4n) is 3.40. The predicted octanol–water partition coefficient (Wildman–Crippen LogP) is 5.35. The molecule has 0 aliphatic carbocycles. The van der Waals surface area contributed by atoms with E-state index in [4.69, 9.17) is 18.9 Å². The minimum absolute atomic E-state index is 0.188. The number of ether oxygens (including phenoxy) is 4. The Morgan fingerprint density at radius 1 is 0.968 bits per heavy atom. The van der Waals surface area contributed by atoms with E-state index in [2.05, 4.69) is 0 Å². The quantitative estimate of drug-likeness (QED) is 0.504. The molecule has 0 radical (unpaired) electrons. The van der Waals surface area contributed by atoms with E-state index in [1.165, 1.54) is 12.1 Å². The van der Waals surface area contributed by atoms with Crippen LogP contribution in [0.3, 0.4) is 0 Å². The van der Waals surface area contributed by atoms with Crippen molar-refractivity contribution in [2.24, 2.45) is 0 Å². The zero-order valence-corrected chi connectivity index (χ0v) is 17.4. The third kappa shape index (κ3) is 4.23. The van der Waals surface area contributed by atoms with Gasteiger partial charge in [-0.25, -0.2) is 4.39 Å². The Hall–Kier alpha value is -3.80. The van der Waals surface area contributed by atoms with Crippen molar-refractivity contribution in [1.29, 1.82) is 0 Å². The maximum absolute atomic E-state index is 13.1. The van der Waals surface area contributed by atoms with E-state index < -0.39 is 0 Å². The van der Waals surface area contributed by atoms with Crippen molar-refractivity contribution in [3.05, 3.63) is 88.4 Å². The molecule has 3 aromatic rings. The van der Waals surface area contributed by atoms with Gasteiger partial charge in [0.1, 0.15) is 23.9 Å². The van der Waals surface area contributed by atoms with Crippen molar-refractivity contribution in [2.75, 3.05) is 14.2 Å². The maximum atomic E-state index is 13.1. The van der Waals surface area contributed by atoms with Gasteiger partial charge >= 0.3 is 0 Å². The fraction of sp³-hybridized carbons (Fsp3) is 0.160. The molecule has 0 unspecified atom stereocenters. The van der Waals surface area contributed by atoms with Gasteiger partial charge in [0.05, 0.1) is 19.8 Å². The van der Waals surface area contributed by atoms with Crippen LogP contribution < -0.4 is 18.9 Å². The molecule has 1 aliphatic rings. The number of hydrogen-bond acceptors (Lipinski definition) is 5. The molecule has 0 N–H and O–H groups in total. The average Bonchev–Trinajstić information content (AvgIpc) is 3.08. The molecule has 3 aromatic carbocycles. The largest absolute Gasteiger partial charge is 0.493 e. The molecule has 0 aromatic heterocycles. The molecule has 0 atom stereocenters. The number of Topliss-reactive ketones (excluding diaryl/α,β-unsaturated/α-hetero) is 1. The van der Waals surface area contributed by atoms with Gasteiger partial charge in [0.15, 0.2) is 17.3 Å². The van der Waals surface area contributed by atoms with Crippen molar-refractivity contribution < 1.29 is 28.1 Å². The van der Waals surface area contributed by atoms with E-state index >= 15 is 0 Å². The SMILES string of the molecule is COc1ccc(/C=C2\Oc3cc(OCc4ccc(F)cc4)cc(C)c3C2=O)cc1OC. The Morgan fingerprint density at radius 2 is 1.71 bits per heavy atom. The van der Waals surface area contributed by atoms with Crippen molar-refractivity contribution in [1.82, 2.24) is 0 Å². The van der Waals surface area contributed by atoms with Gasteiger partial charge < -0.3 is 18.9 Å². The normalized spacial score (nSPS) is 13.7. The molecule has 0 saturated carbocycles. The summed E-state index contributed by atoms with van der Waals surface area (Å²) in [6.07, 6.45) is 1.67. The molecule has 0 amide bonds. The number of halogens is 1. The zero-order valence-electron chi connectivity index (χ0n) is 17.4. The lowest BCUT2D eigenvalue weighted by Crippen LogP contribution is -2.00. The summed E-state index contributed by atoms with van der Waals surface area (Å²) in [5, 5.41) is 0. The van der Waals surface area contributed by atoms with E-state index in [-0.39, 0.29) is 24.0 Å². The number of benzene rings is 3. The maximum Gasteiger partial charge on any atom is 0.232 e. The lowest BCUT2D eigenvalue weighted by atomic mass is 10.0. The van der Waals surface area contributed by atoms with E-state index in [1.54, 1.807) is 56.7 Å². The van der Waals surface area contributed by atoms with Gasteiger partial charge in [-0.1, -0.05) is 18.2 Å². The molecule has 1 heterocycles. The third-order valence-corrected chi connectivity index (χ3v) is 4.97. The highest BCUT2D eigenvalue weighted by molar-refractivity contribution is 6.15.